The lowest BCUT2D eigenvalue weighted by atomic mass is 9.92. The van der Waals surface area contributed by atoms with Crippen LogP contribution in [0.25, 0.3) is 11.1 Å². The fourth-order valence-corrected chi connectivity index (χ4v) is 3.95. The molecule has 0 aliphatic heterocycles. The van der Waals surface area contributed by atoms with E-state index in [4.69, 9.17) is 5.26 Å². The van der Waals surface area contributed by atoms with Gasteiger partial charge in [-0.2, -0.15) is 10.2 Å². The number of nitrogens with zero attached hydrogens (tertiary/aromatic N) is 3. The molecule has 0 spiro atoms. The summed E-state index contributed by atoms with van der Waals surface area (Å²) in [6.07, 6.45) is 1.72. The Balaban J connectivity index is 1.59. The van der Waals surface area contributed by atoms with Crippen LogP contribution in [0.4, 0.5) is 23.1 Å². The van der Waals surface area contributed by atoms with E-state index in [0.29, 0.717) is 17.3 Å². The molecule has 0 unspecified atom stereocenters. The lowest BCUT2D eigenvalue weighted by molar-refractivity contribution is 1.16. The summed E-state index contributed by atoms with van der Waals surface area (Å²) in [5, 5.41) is 15.6. The molecule has 0 amide bonds. The normalized spacial score (nSPS) is 10.5. The molecule has 0 saturated heterocycles. The summed E-state index contributed by atoms with van der Waals surface area (Å²) in [6.45, 7) is 8.54. The molecule has 0 aliphatic rings. The van der Waals surface area contributed by atoms with Crippen molar-refractivity contribution in [3.63, 3.8) is 0 Å². The van der Waals surface area contributed by atoms with Crippen LogP contribution in [0.3, 0.4) is 0 Å². The molecule has 4 rings (SSSR count). The third kappa shape index (κ3) is 4.45. The average molecular weight is 420 g/mol. The monoisotopic (exact) mass is 419 g/mol. The van der Waals surface area contributed by atoms with Crippen LogP contribution in [-0.2, 0) is 0 Å². The predicted octanol–water partition coefficient (Wildman–Crippen LogP) is 6.74. The summed E-state index contributed by atoms with van der Waals surface area (Å²) >= 11 is 0. The maximum atomic E-state index is 8.95. The summed E-state index contributed by atoms with van der Waals surface area (Å²) in [6, 6.07) is 22.0. The number of hydrogen-bond acceptors (Lipinski definition) is 5. The van der Waals surface area contributed by atoms with E-state index in [1.54, 1.807) is 18.3 Å². The van der Waals surface area contributed by atoms with E-state index >= 15 is 0 Å². The Labute approximate surface area is 188 Å². The molecule has 0 bridgehead atoms. The maximum absolute atomic E-state index is 8.95. The maximum Gasteiger partial charge on any atom is 0.229 e. The van der Waals surface area contributed by atoms with E-state index in [1.807, 2.05) is 18.2 Å². The summed E-state index contributed by atoms with van der Waals surface area (Å²) in [5.41, 5.74) is 9.87. The first kappa shape index (κ1) is 21.1. The minimum absolute atomic E-state index is 0.488. The summed E-state index contributed by atoms with van der Waals surface area (Å²) in [5.74, 6) is 1.20. The van der Waals surface area contributed by atoms with Crippen molar-refractivity contribution in [2.24, 2.45) is 0 Å². The molecule has 1 aromatic heterocycles. The van der Waals surface area contributed by atoms with E-state index in [-0.39, 0.29) is 0 Å². The molecular formula is C27H25N5. The van der Waals surface area contributed by atoms with Gasteiger partial charge in [0, 0.05) is 17.6 Å². The third-order valence-electron chi connectivity index (χ3n) is 5.48. The molecule has 0 fully saturated rings. The molecule has 3 aromatic carbocycles. The number of hydrogen-bond donors (Lipinski definition) is 2. The number of nitriles is 1. The lowest BCUT2D eigenvalue weighted by Crippen LogP contribution is -2.03. The van der Waals surface area contributed by atoms with E-state index in [1.165, 1.54) is 22.3 Å². The highest BCUT2D eigenvalue weighted by Gasteiger charge is 2.11. The summed E-state index contributed by atoms with van der Waals surface area (Å²) in [4.78, 5) is 8.91. The molecule has 5 nitrogen and oxygen atoms in total. The Morgan fingerprint density at radius 2 is 1.44 bits per heavy atom. The van der Waals surface area contributed by atoms with Crippen LogP contribution in [0.2, 0.25) is 0 Å². The molecule has 5 heteroatoms. The van der Waals surface area contributed by atoms with Crippen LogP contribution in [0.1, 0.15) is 27.8 Å². The largest absolute Gasteiger partial charge is 0.340 e. The van der Waals surface area contributed by atoms with E-state index in [9.17, 15) is 0 Å². The zero-order valence-electron chi connectivity index (χ0n) is 18.7. The lowest BCUT2D eigenvalue weighted by Gasteiger charge is -2.17. The van der Waals surface area contributed by atoms with Gasteiger partial charge >= 0.3 is 0 Å². The second-order valence-corrected chi connectivity index (χ2v) is 7.96. The van der Waals surface area contributed by atoms with Crippen LogP contribution in [-0.4, -0.2) is 9.97 Å². The van der Waals surface area contributed by atoms with Crippen LogP contribution < -0.4 is 10.6 Å². The van der Waals surface area contributed by atoms with Gasteiger partial charge in [-0.15, -0.1) is 0 Å². The smallest absolute Gasteiger partial charge is 0.229 e. The Bertz CT molecular complexity index is 1270. The van der Waals surface area contributed by atoms with Crippen molar-refractivity contribution in [3.8, 4) is 17.2 Å². The van der Waals surface area contributed by atoms with Gasteiger partial charge in [-0.05, 0) is 104 Å². The molecular weight excluding hydrogens is 394 g/mol. The standard InChI is InChI=1S/C27H25N5/c1-17-6-5-7-18(2)25(17)22-14-19(3)26(20(4)15-22)31-24-12-13-29-27(32-24)30-23-10-8-21(16-28)9-11-23/h5-15H,1-4H3,(H2,29,30,31,32). The number of nitrogens with one attached hydrogen (secondary N) is 2. The van der Waals surface area contributed by atoms with Crippen molar-refractivity contribution in [2.75, 3.05) is 10.6 Å². The van der Waals surface area contributed by atoms with Gasteiger partial charge in [0.05, 0.1) is 11.6 Å². The number of anilines is 4. The fourth-order valence-electron chi connectivity index (χ4n) is 3.95. The molecule has 158 valence electrons. The highest BCUT2D eigenvalue weighted by atomic mass is 15.1. The highest BCUT2D eigenvalue weighted by molar-refractivity contribution is 5.77. The predicted molar refractivity (Wildman–Crippen MR) is 131 cm³/mol. The SMILES string of the molecule is Cc1cc(-c2c(C)cccc2C)cc(C)c1Nc1ccnc(Nc2ccc(C#N)cc2)n1. The molecule has 0 atom stereocenters. The van der Waals surface area contributed by atoms with Gasteiger partial charge in [-0.25, -0.2) is 4.98 Å². The second-order valence-electron chi connectivity index (χ2n) is 7.96. The third-order valence-corrected chi connectivity index (χ3v) is 5.48. The minimum atomic E-state index is 0.488. The first-order valence-corrected chi connectivity index (χ1v) is 10.5. The van der Waals surface area contributed by atoms with Gasteiger partial charge < -0.3 is 10.6 Å². The van der Waals surface area contributed by atoms with E-state index in [2.05, 4.69) is 84.7 Å². The van der Waals surface area contributed by atoms with Crippen molar-refractivity contribution >= 4 is 23.1 Å². The Morgan fingerprint density at radius 1 is 0.781 bits per heavy atom. The van der Waals surface area contributed by atoms with Crippen LogP contribution in [0, 0.1) is 39.0 Å². The Hall–Kier alpha value is -4.17. The second kappa shape index (κ2) is 8.91. The van der Waals surface area contributed by atoms with Gasteiger partial charge in [0.25, 0.3) is 0 Å². The molecule has 1 heterocycles. The number of rotatable bonds is 5. The quantitative estimate of drug-likeness (QED) is 0.375. The number of aromatic nitrogens is 2. The topological polar surface area (TPSA) is 73.6 Å². The average Bonchev–Trinajstić information content (AvgIpc) is 2.77. The first-order valence-electron chi connectivity index (χ1n) is 10.5. The van der Waals surface area contributed by atoms with E-state index < -0.39 is 0 Å². The summed E-state index contributed by atoms with van der Waals surface area (Å²) in [7, 11) is 0. The molecule has 2 N–H and O–H groups in total. The van der Waals surface area contributed by atoms with Crippen molar-refractivity contribution in [1.82, 2.24) is 9.97 Å². The molecule has 0 saturated carbocycles. The van der Waals surface area contributed by atoms with E-state index in [0.717, 1.165) is 22.5 Å². The minimum Gasteiger partial charge on any atom is -0.340 e. The first-order chi connectivity index (χ1) is 15.4. The van der Waals surface area contributed by atoms with Gasteiger partial charge in [-0.1, -0.05) is 18.2 Å². The molecule has 32 heavy (non-hydrogen) atoms. The zero-order chi connectivity index (χ0) is 22.7. The van der Waals surface area contributed by atoms with Gasteiger partial charge in [-0.3, -0.25) is 0 Å². The highest BCUT2D eigenvalue weighted by Crippen LogP contribution is 2.33. The molecule has 0 aliphatic carbocycles. The summed E-state index contributed by atoms with van der Waals surface area (Å²) < 4.78 is 0. The Kier molecular flexibility index (Phi) is 5.87. The number of aryl methyl sites for hydroxylation is 4. The zero-order valence-corrected chi connectivity index (χ0v) is 18.7. The fraction of sp³-hybridized carbons (Fsp3) is 0.148. The van der Waals surface area contributed by atoms with Crippen molar-refractivity contribution in [2.45, 2.75) is 27.7 Å². The van der Waals surface area contributed by atoms with Gasteiger partial charge in [0.1, 0.15) is 5.82 Å². The van der Waals surface area contributed by atoms with Crippen molar-refractivity contribution in [3.05, 3.63) is 94.7 Å². The van der Waals surface area contributed by atoms with Crippen LogP contribution in [0.5, 0.6) is 0 Å². The molecule has 0 radical (unpaired) electrons. The van der Waals surface area contributed by atoms with Gasteiger partial charge in [0.15, 0.2) is 0 Å². The Morgan fingerprint density at radius 3 is 2.06 bits per heavy atom. The molecule has 4 aromatic rings. The van der Waals surface area contributed by atoms with Crippen LogP contribution in [0.15, 0.2) is 66.9 Å². The van der Waals surface area contributed by atoms with Gasteiger partial charge in [0.2, 0.25) is 5.95 Å². The van der Waals surface area contributed by atoms with Crippen LogP contribution >= 0.6 is 0 Å². The number of benzene rings is 3. The van der Waals surface area contributed by atoms with Crippen molar-refractivity contribution in [1.29, 1.82) is 5.26 Å². The van der Waals surface area contributed by atoms with Crippen molar-refractivity contribution < 1.29 is 0 Å².